The molecule has 0 radical (unpaired) electrons. The second kappa shape index (κ2) is 5.64. The largest absolute Gasteiger partial charge is 0.504 e. The summed E-state index contributed by atoms with van der Waals surface area (Å²) in [5, 5.41) is 19.3. The Hall–Kier alpha value is -1.38. The number of aromatic hydroxyl groups is 2. The third kappa shape index (κ3) is 2.40. The number of phenols is 2. The van der Waals surface area contributed by atoms with E-state index >= 15 is 0 Å². The van der Waals surface area contributed by atoms with Crippen molar-refractivity contribution in [3.05, 3.63) is 17.2 Å². The molecular weight excluding hydrogens is 204 g/mol. The number of methoxy groups -OCH3 is 1. The lowest BCUT2D eigenvalue weighted by atomic mass is 9.97. The molecule has 0 unspecified atom stereocenters. The van der Waals surface area contributed by atoms with Crippen LogP contribution in [0.15, 0.2) is 6.07 Å². The lowest BCUT2D eigenvalue weighted by Crippen LogP contribution is -1.99. The summed E-state index contributed by atoms with van der Waals surface area (Å²) in [7, 11) is 1.52. The molecule has 0 aliphatic carbocycles. The summed E-state index contributed by atoms with van der Waals surface area (Å²) in [5.41, 5.74) is 2.08. The Bertz CT molecular complexity index is 359. The zero-order valence-corrected chi connectivity index (χ0v) is 10.2. The maximum Gasteiger partial charge on any atom is 0.200 e. The molecule has 0 aliphatic rings. The van der Waals surface area contributed by atoms with Crippen LogP contribution in [0.5, 0.6) is 17.2 Å². The Morgan fingerprint density at radius 2 is 1.75 bits per heavy atom. The van der Waals surface area contributed by atoms with E-state index in [4.69, 9.17) is 4.74 Å². The molecule has 0 heterocycles. The average molecular weight is 224 g/mol. The lowest BCUT2D eigenvalue weighted by Gasteiger charge is -2.15. The Morgan fingerprint density at radius 3 is 2.25 bits per heavy atom. The van der Waals surface area contributed by atoms with Crippen LogP contribution in [0.2, 0.25) is 0 Å². The van der Waals surface area contributed by atoms with Crippen molar-refractivity contribution < 1.29 is 14.9 Å². The Kier molecular flexibility index (Phi) is 4.47. The molecule has 0 aromatic heterocycles. The molecular formula is C13H20O3. The van der Waals surface area contributed by atoms with Crippen molar-refractivity contribution in [3.8, 4) is 17.2 Å². The predicted octanol–water partition coefficient (Wildman–Crippen LogP) is 3.01. The van der Waals surface area contributed by atoms with Crippen LogP contribution in [-0.2, 0) is 12.8 Å². The first-order chi connectivity index (χ1) is 7.65. The zero-order chi connectivity index (χ0) is 12.1. The molecule has 1 rings (SSSR count). The highest BCUT2D eigenvalue weighted by Gasteiger charge is 2.16. The standard InChI is InChI=1S/C13H20O3/c1-4-6-9-8-11(14)12(15)13(16-3)10(9)7-5-2/h8,14-15H,4-7H2,1-3H3. The van der Waals surface area contributed by atoms with E-state index in [1.54, 1.807) is 6.07 Å². The van der Waals surface area contributed by atoms with E-state index in [-0.39, 0.29) is 11.5 Å². The van der Waals surface area contributed by atoms with Crippen LogP contribution >= 0.6 is 0 Å². The Balaban J connectivity index is 3.30. The third-order valence-corrected chi connectivity index (χ3v) is 2.65. The smallest absolute Gasteiger partial charge is 0.200 e. The highest BCUT2D eigenvalue weighted by atomic mass is 16.5. The molecule has 90 valence electrons. The molecule has 1 aromatic carbocycles. The van der Waals surface area contributed by atoms with Crippen LogP contribution in [0.1, 0.15) is 37.8 Å². The first kappa shape index (κ1) is 12.7. The van der Waals surface area contributed by atoms with Gasteiger partial charge in [-0.3, -0.25) is 0 Å². The summed E-state index contributed by atoms with van der Waals surface area (Å²) >= 11 is 0. The summed E-state index contributed by atoms with van der Waals surface area (Å²) < 4.78 is 5.19. The van der Waals surface area contributed by atoms with Crippen molar-refractivity contribution in [2.45, 2.75) is 39.5 Å². The molecule has 0 bridgehead atoms. The van der Waals surface area contributed by atoms with Gasteiger partial charge in [-0.2, -0.15) is 0 Å². The van der Waals surface area contributed by atoms with Gasteiger partial charge in [0.15, 0.2) is 11.5 Å². The third-order valence-electron chi connectivity index (χ3n) is 2.65. The van der Waals surface area contributed by atoms with Crippen molar-refractivity contribution >= 4 is 0 Å². The molecule has 16 heavy (non-hydrogen) atoms. The molecule has 0 saturated heterocycles. The minimum Gasteiger partial charge on any atom is -0.504 e. The molecule has 0 spiro atoms. The van der Waals surface area contributed by atoms with Gasteiger partial charge >= 0.3 is 0 Å². The number of rotatable bonds is 5. The fraction of sp³-hybridized carbons (Fsp3) is 0.538. The topological polar surface area (TPSA) is 49.7 Å². The summed E-state index contributed by atoms with van der Waals surface area (Å²) in [6.07, 6.45) is 3.73. The fourth-order valence-corrected chi connectivity index (χ4v) is 1.96. The fourth-order valence-electron chi connectivity index (χ4n) is 1.96. The number of aryl methyl sites for hydroxylation is 1. The zero-order valence-electron chi connectivity index (χ0n) is 10.2. The molecule has 0 aliphatic heterocycles. The van der Waals surface area contributed by atoms with Gasteiger partial charge in [0.1, 0.15) is 0 Å². The van der Waals surface area contributed by atoms with Crippen LogP contribution in [-0.4, -0.2) is 17.3 Å². The van der Waals surface area contributed by atoms with Crippen LogP contribution in [0.25, 0.3) is 0 Å². The monoisotopic (exact) mass is 224 g/mol. The van der Waals surface area contributed by atoms with Gasteiger partial charge in [0, 0.05) is 5.56 Å². The summed E-state index contributed by atoms with van der Waals surface area (Å²) in [6, 6.07) is 1.65. The molecule has 0 saturated carbocycles. The predicted molar refractivity (Wildman–Crippen MR) is 64.3 cm³/mol. The average Bonchev–Trinajstić information content (AvgIpc) is 2.26. The van der Waals surface area contributed by atoms with Gasteiger partial charge in [-0.25, -0.2) is 0 Å². The molecule has 3 heteroatoms. The maximum absolute atomic E-state index is 9.72. The van der Waals surface area contributed by atoms with E-state index in [0.717, 1.165) is 36.8 Å². The minimum absolute atomic E-state index is 0.0971. The lowest BCUT2D eigenvalue weighted by molar-refractivity contribution is 0.346. The van der Waals surface area contributed by atoms with Crippen molar-refractivity contribution in [2.75, 3.05) is 7.11 Å². The highest BCUT2D eigenvalue weighted by molar-refractivity contribution is 5.57. The van der Waals surface area contributed by atoms with Gasteiger partial charge < -0.3 is 14.9 Å². The number of hydrogen-bond donors (Lipinski definition) is 2. The number of hydrogen-bond acceptors (Lipinski definition) is 3. The van der Waals surface area contributed by atoms with Gasteiger partial charge in [-0.1, -0.05) is 26.7 Å². The Labute approximate surface area is 96.7 Å². The van der Waals surface area contributed by atoms with E-state index in [1.165, 1.54) is 7.11 Å². The van der Waals surface area contributed by atoms with Crippen LogP contribution < -0.4 is 4.74 Å². The van der Waals surface area contributed by atoms with E-state index < -0.39 is 0 Å². The second-order valence-corrected chi connectivity index (χ2v) is 3.92. The van der Waals surface area contributed by atoms with Gasteiger partial charge in [0.05, 0.1) is 7.11 Å². The van der Waals surface area contributed by atoms with E-state index in [0.29, 0.717) is 5.75 Å². The number of benzene rings is 1. The molecule has 2 N–H and O–H groups in total. The van der Waals surface area contributed by atoms with Gasteiger partial charge in [-0.15, -0.1) is 0 Å². The van der Waals surface area contributed by atoms with Crippen molar-refractivity contribution in [2.24, 2.45) is 0 Å². The van der Waals surface area contributed by atoms with Crippen LogP contribution in [0, 0.1) is 0 Å². The summed E-state index contributed by atoms with van der Waals surface area (Å²) in [4.78, 5) is 0. The van der Waals surface area contributed by atoms with E-state index in [2.05, 4.69) is 13.8 Å². The van der Waals surface area contributed by atoms with Crippen molar-refractivity contribution in [3.63, 3.8) is 0 Å². The molecule has 3 nitrogen and oxygen atoms in total. The minimum atomic E-state index is -0.147. The summed E-state index contributed by atoms with van der Waals surface area (Å²) in [5.74, 6) is 0.177. The van der Waals surface area contributed by atoms with E-state index in [9.17, 15) is 10.2 Å². The van der Waals surface area contributed by atoms with Gasteiger partial charge in [0.2, 0.25) is 5.75 Å². The van der Waals surface area contributed by atoms with Crippen LogP contribution in [0.3, 0.4) is 0 Å². The van der Waals surface area contributed by atoms with Crippen molar-refractivity contribution in [1.82, 2.24) is 0 Å². The maximum atomic E-state index is 9.72. The van der Waals surface area contributed by atoms with E-state index in [1.807, 2.05) is 0 Å². The SMILES string of the molecule is CCCc1cc(O)c(O)c(OC)c1CCC. The second-order valence-electron chi connectivity index (χ2n) is 3.92. The number of phenolic OH excluding ortho intramolecular Hbond substituents is 2. The van der Waals surface area contributed by atoms with Gasteiger partial charge in [0.25, 0.3) is 0 Å². The Morgan fingerprint density at radius 1 is 1.12 bits per heavy atom. The molecule has 0 fully saturated rings. The highest BCUT2D eigenvalue weighted by Crippen LogP contribution is 2.41. The first-order valence-corrected chi connectivity index (χ1v) is 5.76. The number of ether oxygens (including phenoxy) is 1. The van der Waals surface area contributed by atoms with Gasteiger partial charge in [-0.05, 0) is 24.5 Å². The molecule has 1 aromatic rings. The van der Waals surface area contributed by atoms with Crippen molar-refractivity contribution in [1.29, 1.82) is 0 Å². The van der Waals surface area contributed by atoms with Crippen LogP contribution in [0.4, 0.5) is 0 Å². The molecule has 0 amide bonds. The molecule has 0 atom stereocenters. The summed E-state index contributed by atoms with van der Waals surface area (Å²) in [6.45, 7) is 4.17. The quantitative estimate of drug-likeness (QED) is 0.756. The first-order valence-electron chi connectivity index (χ1n) is 5.76. The normalized spacial score (nSPS) is 10.4.